The molecule has 4 rings (SSSR count). The first kappa shape index (κ1) is 17.4. The minimum Gasteiger partial charge on any atom is -0.421 e. The average Bonchev–Trinajstić information content (AvgIpc) is 3.17. The molecule has 138 valence electrons. The van der Waals surface area contributed by atoms with Crippen LogP contribution in [-0.4, -0.2) is 22.0 Å². The largest absolute Gasteiger partial charge is 0.421 e. The number of nitrogens with one attached hydrogen (secondary N) is 2. The van der Waals surface area contributed by atoms with Gasteiger partial charge < -0.3 is 15.1 Å². The Bertz CT molecular complexity index is 948. The van der Waals surface area contributed by atoms with E-state index in [1.54, 1.807) is 35.6 Å². The summed E-state index contributed by atoms with van der Waals surface area (Å²) in [5.41, 5.74) is 2.20. The molecule has 0 aliphatic heterocycles. The number of benzene rings is 1. The molecule has 0 saturated heterocycles. The lowest BCUT2D eigenvalue weighted by molar-refractivity contribution is -0.117. The normalized spacial score (nSPS) is 13.3. The van der Waals surface area contributed by atoms with Gasteiger partial charge in [-0.2, -0.15) is 11.3 Å². The Morgan fingerprint density at radius 3 is 2.70 bits per heavy atom. The van der Waals surface area contributed by atoms with Crippen LogP contribution in [0.5, 0.6) is 0 Å². The number of carbonyl (C=O) groups excluding carboxylic acids is 2. The highest BCUT2D eigenvalue weighted by Gasteiger charge is 2.29. The van der Waals surface area contributed by atoms with Crippen LogP contribution in [0.25, 0.3) is 11.5 Å². The molecule has 1 aliphatic rings. The van der Waals surface area contributed by atoms with Crippen LogP contribution >= 0.6 is 11.3 Å². The monoisotopic (exact) mass is 382 g/mol. The lowest BCUT2D eigenvalue weighted by atomic mass is 10.2. The maximum atomic E-state index is 12.2. The molecular formula is C19H18N4O3S. The van der Waals surface area contributed by atoms with Gasteiger partial charge in [-0.3, -0.25) is 9.59 Å². The van der Waals surface area contributed by atoms with Crippen LogP contribution in [0.2, 0.25) is 0 Å². The predicted octanol–water partition coefficient (Wildman–Crippen LogP) is 3.72. The molecule has 0 atom stereocenters. The van der Waals surface area contributed by atoms with Crippen LogP contribution in [0.15, 0.2) is 45.5 Å². The summed E-state index contributed by atoms with van der Waals surface area (Å²) in [4.78, 5) is 24.0. The quantitative estimate of drug-likeness (QED) is 0.649. The highest BCUT2D eigenvalue weighted by atomic mass is 32.1. The second-order valence-electron chi connectivity index (χ2n) is 6.41. The number of aromatic nitrogens is 2. The van der Waals surface area contributed by atoms with Crippen LogP contribution in [0, 0.1) is 5.92 Å². The minimum atomic E-state index is -0.157. The Morgan fingerprint density at radius 1 is 1.15 bits per heavy atom. The molecule has 0 unspecified atom stereocenters. The van der Waals surface area contributed by atoms with E-state index in [0.717, 1.165) is 18.4 Å². The average molecular weight is 382 g/mol. The number of anilines is 2. The van der Waals surface area contributed by atoms with Crippen LogP contribution in [0.4, 0.5) is 11.4 Å². The number of amides is 2. The number of carbonyl (C=O) groups is 2. The third-order valence-corrected chi connectivity index (χ3v) is 4.85. The summed E-state index contributed by atoms with van der Waals surface area (Å²) in [5.74, 6) is 0.909. The third kappa shape index (κ3) is 4.59. The van der Waals surface area contributed by atoms with E-state index in [1.165, 1.54) is 0 Å². The fraction of sp³-hybridized carbons (Fsp3) is 0.263. The second-order valence-corrected chi connectivity index (χ2v) is 7.19. The van der Waals surface area contributed by atoms with E-state index in [0.29, 0.717) is 29.6 Å². The standard InChI is InChI=1S/C19H18N4O3S/c24-16(6-7-17-22-23-19(26-17)13-8-9-27-11-13)20-14-2-1-3-15(10-14)21-18(25)12-4-5-12/h1-3,8-12H,4-7H2,(H,20,24)(H,21,25). The van der Waals surface area contributed by atoms with Crippen LogP contribution < -0.4 is 10.6 Å². The van der Waals surface area contributed by atoms with E-state index in [1.807, 2.05) is 16.8 Å². The van der Waals surface area contributed by atoms with Gasteiger partial charge in [0.05, 0.1) is 0 Å². The molecule has 1 saturated carbocycles. The molecule has 1 fully saturated rings. The molecule has 0 radical (unpaired) electrons. The highest BCUT2D eigenvalue weighted by molar-refractivity contribution is 7.08. The van der Waals surface area contributed by atoms with E-state index in [4.69, 9.17) is 4.42 Å². The van der Waals surface area contributed by atoms with Crippen molar-refractivity contribution in [2.75, 3.05) is 10.6 Å². The first-order chi connectivity index (χ1) is 13.2. The Morgan fingerprint density at radius 2 is 1.96 bits per heavy atom. The molecule has 2 N–H and O–H groups in total. The zero-order chi connectivity index (χ0) is 18.6. The van der Waals surface area contributed by atoms with Crippen LogP contribution in [0.1, 0.15) is 25.2 Å². The summed E-state index contributed by atoms with van der Waals surface area (Å²) in [6.45, 7) is 0. The molecule has 1 aliphatic carbocycles. The van der Waals surface area contributed by atoms with E-state index >= 15 is 0 Å². The van der Waals surface area contributed by atoms with Gasteiger partial charge in [-0.15, -0.1) is 10.2 Å². The van der Waals surface area contributed by atoms with Gasteiger partial charge in [0.15, 0.2) is 0 Å². The molecule has 2 aromatic heterocycles. The number of aryl methyl sites for hydroxylation is 1. The first-order valence-electron chi connectivity index (χ1n) is 8.73. The van der Waals surface area contributed by atoms with Crippen LogP contribution in [0.3, 0.4) is 0 Å². The van der Waals surface area contributed by atoms with Crippen molar-refractivity contribution in [1.29, 1.82) is 0 Å². The molecule has 2 heterocycles. The van der Waals surface area contributed by atoms with Gasteiger partial charge in [-0.25, -0.2) is 0 Å². The molecule has 0 bridgehead atoms. The van der Waals surface area contributed by atoms with Crippen molar-refractivity contribution in [1.82, 2.24) is 10.2 Å². The molecule has 1 aromatic carbocycles. The van der Waals surface area contributed by atoms with Crippen molar-refractivity contribution in [2.45, 2.75) is 25.7 Å². The van der Waals surface area contributed by atoms with Crippen molar-refractivity contribution < 1.29 is 14.0 Å². The van der Waals surface area contributed by atoms with E-state index < -0.39 is 0 Å². The molecule has 0 spiro atoms. The number of thiophene rings is 1. The topological polar surface area (TPSA) is 97.1 Å². The van der Waals surface area contributed by atoms with Crippen molar-refractivity contribution in [3.63, 3.8) is 0 Å². The number of nitrogens with zero attached hydrogens (tertiary/aromatic N) is 2. The Kier molecular flexibility index (Phi) is 4.97. The van der Waals surface area contributed by atoms with E-state index in [2.05, 4.69) is 20.8 Å². The molecule has 2 amide bonds. The van der Waals surface area contributed by atoms with Gasteiger partial charge >= 0.3 is 0 Å². The number of rotatable bonds is 7. The van der Waals surface area contributed by atoms with Crippen molar-refractivity contribution in [2.24, 2.45) is 5.92 Å². The first-order valence-corrected chi connectivity index (χ1v) is 9.67. The summed E-state index contributed by atoms with van der Waals surface area (Å²) in [7, 11) is 0. The van der Waals surface area contributed by atoms with Gasteiger partial charge in [0.1, 0.15) is 0 Å². The molecule has 3 aromatic rings. The van der Waals surface area contributed by atoms with Crippen molar-refractivity contribution in [3.05, 3.63) is 47.0 Å². The Hall–Kier alpha value is -3.00. The van der Waals surface area contributed by atoms with Crippen LogP contribution in [-0.2, 0) is 16.0 Å². The smallest absolute Gasteiger partial charge is 0.248 e. The highest BCUT2D eigenvalue weighted by Crippen LogP contribution is 2.30. The molecular weight excluding hydrogens is 364 g/mol. The maximum absolute atomic E-state index is 12.2. The third-order valence-electron chi connectivity index (χ3n) is 4.16. The van der Waals surface area contributed by atoms with Crippen molar-refractivity contribution in [3.8, 4) is 11.5 Å². The van der Waals surface area contributed by atoms with Gasteiger partial charge in [-0.1, -0.05) is 6.07 Å². The summed E-state index contributed by atoms with van der Waals surface area (Å²) >= 11 is 1.55. The zero-order valence-corrected chi connectivity index (χ0v) is 15.3. The van der Waals surface area contributed by atoms with E-state index in [9.17, 15) is 9.59 Å². The minimum absolute atomic E-state index is 0.0382. The van der Waals surface area contributed by atoms with Crippen molar-refractivity contribution >= 4 is 34.5 Å². The summed E-state index contributed by atoms with van der Waals surface area (Å²) in [5, 5.41) is 17.5. The number of hydrogen-bond donors (Lipinski definition) is 2. The zero-order valence-electron chi connectivity index (χ0n) is 14.5. The SMILES string of the molecule is O=C(CCc1nnc(-c2ccsc2)o1)Nc1cccc(NC(=O)C2CC2)c1. The fourth-order valence-electron chi connectivity index (χ4n) is 2.57. The maximum Gasteiger partial charge on any atom is 0.248 e. The fourth-order valence-corrected chi connectivity index (χ4v) is 3.20. The predicted molar refractivity (Wildman–Crippen MR) is 102 cm³/mol. The van der Waals surface area contributed by atoms with E-state index in [-0.39, 0.29) is 24.2 Å². The molecule has 7 nitrogen and oxygen atoms in total. The lowest BCUT2D eigenvalue weighted by Gasteiger charge is -2.08. The summed E-state index contributed by atoms with van der Waals surface area (Å²) in [6.07, 6.45) is 2.49. The second kappa shape index (κ2) is 7.71. The van der Waals surface area contributed by atoms with Gasteiger partial charge in [0.25, 0.3) is 0 Å². The number of hydrogen-bond acceptors (Lipinski definition) is 6. The molecule has 8 heteroatoms. The lowest BCUT2D eigenvalue weighted by Crippen LogP contribution is -2.15. The molecule has 27 heavy (non-hydrogen) atoms. The summed E-state index contributed by atoms with van der Waals surface area (Å²) < 4.78 is 5.58. The van der Waals surface area contributed by atoms with Gasteiger partial charge in [-0.05, 0) is 42.5 Å². The van der Waals surface area contributed by atoms with Gasteiger partial charge in [0.2, 0.25) is 23.6 Å². The summed E-state index contributed by atoms with van der Waals surface area (Å²) in [6, 6.07) is 9.04. The van der Waals surface area contributed by atoms with Gasteiger partial charge in [0, 0.05) is 41.1 Å². The Labute approximate surface area is 159 Å². The Balaban J connectivity index is 1.29.